The number of thiophene rings is 1. The van der Waals surface area contributed by atoms with E-state index < -0.39 is 0 Å². The number of benzene rings is 1. The molecule has 3 aromatic rings. The summed E-state index contributed by atoms with van der Waals surface area (Å²) in [5.41, 5.74) is 7.45. The van der Waals surface area contributed by atoms with E-state index in [9.17, 15) is 4.79 Å². The highest BCUT2D eigenvalue weighted by molar-refractivity contribution is 7.10. The summed E-state index contributed by atoms with van der Waals surface area (Å²) in [6.45, 7) is 2.54. The molecule has 0 atom stereocenters. The molecule has 0 aliphatic carbocycles. The molecule has 1 amide bonds. The molecule has 3 N–H and O–H groups in total. The number of nitrogens with two attached hydrogens (primary N) is 1. The Morgan fingerprint density at radius 3 is 2.90 bits per heavy atom. The first-order valence-electron chi connectivity index (χ1n) is 6.61. The quantitative estimate of drug-likeness (QED) is 0.780. The second-order valence-electron chi connectivity index (χ2n) is 4.82. The summed E-state index contributed by atoms with van der Waals surface area (Å²) in [6.07, 6.45) is 0. The molecular formula is C16H15N3OS. The summed E-state index contributed by atoms with van der Waals surface area (Å²) >= 11 is 1.63. The first-order chi connectivity index (χ1) is 10.1. The number of rotatable bonds is 3. The molecule has 1 aromatic carbocycles. The van der Waals surface area contributed by atoms with E-state index in [2.05, 4.69) is 10.3 Å². The van der Waals surface area contributed by atoms with Gasteiger partial charge in [0.2, 0.25) is 0 Å². The molecule has 3 rings (SSSR count). The molecule has 4 nitrogen and oxygen atoms in total. The highest BCUT2D eigenvalue weighted by atomic mass is 32.1. The third kappa shape index (κ3) is 2.73. The molecule has 0 aliphatic heterocycles. The third-order valence-corrected chi connectivity index (χ3v) is 4.40. The highest BCUT2D eigenvalue weighted by Gasteiger charge is 2.11. The summed E-state index contributed by atoms with van der Waals surface area (Å²) in [5.74, 6) is 0.172. The fourth-order valence-electron chi connectivity index (χ4n) is 2.18. The molecule has 21 heavy (non-hydrogen) atoms. The number of aryl methyl sites for hydroxylation is 1. The van der Waals surface area contributed by atoms with Crippen molar-refractivity contribution in [3.63, 3.8) is 0 Å². The minimum atomic E-state index is -0.208. The predicted octanol–water partition coefficient (Wildman–Crippen LogP) is 3.12. The second-order valence-corrected chi connectivity index (χ2v) is 5.82. The second kappa shape index (κ2) is 5.54. The van der Waals surface area contributed by atoms with Crippen molar-refractivity contribution in [2.24, 2.45) is 0 Å². The minimum absolute atomic E-state index is 0.208. The van der Waals surface area contributed by atoms with Gasteiger partial charge in [0.05, 0.1) is 6.54 Å². The molecule has 0 aliphatic rings. The minimum Gasteiger partial charge on any atom is -0.383 e. The van der Waals surface area contributed by atoms with Gasteiger partial charge in [-0.1, -0.05) is 24.3 Å². The van der Waals surface area contributed by atoms with Gasteiger partial charge in [0.25, 0.3) is 5.91 Å². The number of hydrogen-bond donors (Lipinski definition) is 2. The third-order valence-electron chi connectivity index (χ3n) is 3.38. The maximum absolute atomic E-state index is 12.2. The van der Waals surface area contributed by atoms with Gasteiger partial charge in [-0.15, -0.1) is 11.3 Å². The van der Waals surface area contributed by atoms with Gasteiger partial charge >= 0.3 is 0 Å². The zero-order valence-corrected chi connectivity index (χ0v) is 12.4. The summed E-state index contributed by atoms with van der Waals surface area (Å²) in [4.78, 5) is 17.6. The SMILES string of the molecule is Cc1ccsc1CNC(=O)c1cc2ccccc2c(N)n1. The van der Waals surface area contributed by atoms with Crippen molar-refractivity contribution >= 4 is 33.8 Å². The predicted molar refractivity (Wildman–Crippen MR) is 86.4 cm³/mol. The van der Waals surface area contributed by atoms with Gasteiger partial charge in [-0.2, -0.15) is 0 Å². The number of fused-ring (bicyclic) bond motifs is 1. The zero-order valence-electron chi connectivity index (χ0n) is 11.6. The van der Waals surface area contributed by atoms with Crippen LogP contribution in [0.3, 0.4) is 0 Å². The number of pyridine rings is 1. The maximum atomic E-state index is 12.2. The van der Waals surface area contributed by atoms with Gasteiger partial charge in [0, 0.05) is 10.3 Å². The van der Waals surface area contributed by atoms with E-state index in [1.807, 2.05) is 42.6 Å². The Balaban J connectivity index is 1.83. The molecule has 0 spiro atoms. The van der Waals surface area contributed by atoms with E-state index in [0.29, 0.717) is 18.1 Å². The van der Waals surface area contributed by atoms with E-state index in [4.69, 9.17) is 5.73 Å². The number of amides is 1. The fourth-order valence-corrected chi connectivity index (χ4v) is 3.02. The van der Waals surface area contributed by atoms with Crippen molar-refractivity contribution in [1.29, 1.82) is 0 Å². The summed E-state index contributed by atoms with van der Waals surface area (Å²) in [5, 5.41) is 6.69. The first-order valence-corrected chi connectivity index (χ1v) is 7.49. The maximum Gasteiger partial charge on any atom is 0.270 e. The van der Waals surface area contributed by atoms with Gasteiger partial charge in [-0.05, 0) is 35.4 Å². The number of carbonyl (C=O) groups is 1. The number of anilines is 1. The smallest absolute Gasteiger partial charge is 0.270 e. The monoisotopic (exact) mass is 297 g/mol. The number of nitrogen functional groups attached to an aromatic ring is 1. The largest absolute Gasteiger partial charge is 0.383 e. The van der Waals surface area contributed by atoms with Crippen molar-refractivity contribution in [3.8, 4) is 0 Å². The van der Waals surface area contributed by atoms with Gasteiger partial charge in [-0.3, -0.25) is 4.79 Å². The topological polar surface area (TPSA) is 68.0 Å². The average molecular weight is 297 g/mol. The summed E-state index contributed by atoms with van der Waals surface area (Å²) in [7, 11) is 0. The molecule has 0 saturated heterocycles. The Bertz CT molecular complexity index is 810. The zero-order chi connectivity index (χ0) is 14.8. The van der Waals surface area contributed by atoms with Crippen molar-refractivity contribution in [1.82, 2.24) is 10.3 Å². The molecule has 2 aromatic heterocycles. The Labute approximate surface area is 126 Å². The lowest BCUT2D eigenvalue weighted by molar-refractivity contribution is 0.0946. The van der Waals surface area contributed by atoms with Gasteiger partial charge in [0.15, 0.2) is 0 Å². The van der Waals surface area contributed by atoms with E-state index >= 15 is 0 Å². The van der Waals surface area contributed by atoms with E-state index in [1.165, 1.54) is 5.56 Å². The number of aromatic nitrogens is 1. The van der Waals surface area contributed by atoms with Crippen LogP contribution in [0, 0.1) is 6.92 Å². The molecule has 2 heterocycles. The van der Waals surface area contributed by atoms with Gasteiger partial charge < -0.3 is 11.1 Å². The van der Waals surface area contributed by atoms with Crippen molar-refractivity contribution in [2.45, 2.75) is 13.5 Å². The van der Waals surface area contributed by atoms with Crippen LogP contribution in [-0.2, 0) is 6.54 Å². The lowest BCUT2D eigenvalue weighted by Gasteiger charge is -2.07. The van der Waals surface area contributed by atoms with Crippen LogP contribution in [0.5, 0.6) is 0 Å². The Morgan fingerprint density at radius 1 is 1.33 bits per heavy atom. The lowest BCUT2D eigenvalue weighted by atomic mass is 10.1. The van der Waals surface area contributed by atoms with Crippen LogP contribution < -0.4 is 11.1 Å². The summed E-state index contributed by atoms with van der Waals surface area (Å²) in [6, 6.07) is 11.4. The molecule has 0 fully saturated rings. The van der Waals surface area contributed by atoms with Crippen molar-refractivity contribution in [3.05, 3.63) is 57.9 Å². The number of nitrogens with zero attached hydrogens (tertiary/aromatic N) is 1. The Hall–Kier alpha value is -2.40. The first kappa shape index (κ1) is 13.6. The highest BCUT2D eigenvalue weighted by Crippen LogP contribution is 2.20. The van der Waals surface area contributed by atoms with E-state index in [1.54, 1.807) is 17.4 Å². The Kier molecular flexibility index (Phi) is 3.58. The van der Waals surface area contributed by atoms with Gasteiger partial charge in [0.1, 0.15) is 11.5 Å². The van der Waals surface area contributed by atoms with Gasteiger partial charge in [-0.25, -0.2) is 4.98 Å². The fraction of sp³-hybridized carbons (Fsp3) is 0.125. The number of carbonyl (C=O) groups excluding carboxylic acids is 1. The van der Waals surface area contributed by atoms with Crippen LogP contribution in [-0.4, -0.2) is 10.9 Å². The average Bonchev–Trinajstić information content (AvgIpc) is 2.90. The van der Waals surface area contributed by atoms with Crippen molar-refractivity contribution < 1.29 is 4.79 Å². The normalized spacial score (nSPS) is 10.7. The molecule has 106 valence electrons. The number of hydrogen-bond acceptors (Lipinski definition) is 4. The molecule has 0 saturated carbocycles. The summed E-state index contributed by atoms with van der Waals surface area (Å²) < 4.78 is 0. The standard InChI is InChI=1S/C16H15N3OS/c1-10-6-7-21-14(10)9-18-16(20)13-8-11-4-2-3-5-12(11)15(17)19-13/h2-8H,9H2,1H3,(H2,17,19)(H,18,20). The van der Waals surface area contributed by atoms with Crippen LogP contribution in [0.4, 0.5) is 5.82 Å². The van der Waals surface area contributed by atoms with Crippen LogP contribution in [0.25, 0.3) is 10.8 Å². The molecule has 0 unspecified atom stereocenters. The Morgan fingerprint density at radius 2 is 2.14 bits per heavy atom. The van der Waals surface area contributed by atoms with Crippen molar-refractivity contribution in [2.75, 3.05) is 5.73 Å². The molecule has 0 radical (unpaired) electrons. The van der Waals surface area contributed by atoms with Crippen LogP contribution >= 0.6 is 11.3 Å². The number of nitrogens with one attached hydrogen (secondary N) is 1. The molecule has 0 bridgehead atoms. The van der Waals surface area contributed by atoms with E-state index in [-0.39, 0.29) is 5.91 Å². The lowest BCUT2D eigenvalue weighted by Crippen LogP contribution is -2.24. The van der Waals surface area contributed by atoms with Crippen LogP contribution in [0.2, 0.25) is 0 Å². The van der Waals surface area contributed by atoms with Crippen LogP contribution in [0.1, 0.15) is 20.9 Å². The molecular weight excluding hydrogens is 282 g/mol. The van der Waals surface area contributed by atoms with E-state index in [0.717, 1.165) is 15.6 Å². The van der Waals surface area contributed by atoms with Crippen LogP contribution in [0.15, 0.2) is 41.8 Å². The molecule has 5 heteroatoms.